The molecule has 1 atom stereocenters. The number of ether oxygens (including phenoxy) is 1. The molecule has 1 fully saturated rings. The van der Waals surface area contributed by atoms with E-state index >= 15 is 0 Å². The molecule has 0 bridgehead atoms. The second-order valence-corrected chi connectivity index (χ2v) is 6.25. The van der Waals surface area contributed by atoms with Gasteiger partial charge >= 0.3 is 5.97 Å². The zero-order valence-electron chi connectivity index (χ0n) is 11.5. The number of nitrogens with one attached hydrogen (secondary N) is 1. The average Bonchev–Trinajstić information content (AvgIpc) is 2.42. The Morgan fingerprint density at radius 2 is 2.13 bits per heavy atom. The van der Waals surface area contributed by atoms with Gasteiger partial charge in [-0.1, -0.05) is 0 Å². The number of carboxylic acid groups (broad SMARTS) is 1. The molecule has 2 N–H and O–H groups in total. The molecule has 0 saturated carbocycles. The number of carboxylic acids is 1. The van der Waals surface area contributed by atoms with Crippen LogP contribution in [-0.4, -0.2) is 49.7 Å². The number of aliphatic carboxylic acids is 1. The van der Waals surface area contributed by atoms with Crippen LogP contribution < -0.4 is 4.83 Å². The molecule has 126 valence electrons. The number of halogens is 2. The highest BCUT2D eigenvalue weighted by Crippen LogP contribution is 2.17. The first-order valence-electron chi connectivity index (χ1n) is 6.33. The van der Waals surface area contributed by atoms with Crippen LogP contribution in [-0.2, 0) is 24.3 Å². The minimum Gasteiger partial charge on any atom is -0.481 e. The second kappa shape index (κ2) is 6.56. The fraction of sp³-hybridized carbons (Fsp3) is 0.333. The van der Waals surface area contributed by atoms with E-state index in [1.165, 1.54) is 0 Å². The highest BCUT2D eigenvalue weighted by molar-refractivity contribution is 7.89. The van der Waals surface area contributed by atoms with E-state index in [0.29, 0.717) is 17.1 Å². The van der Waals surface area contributed by atoms with Gasteiger partial charge in [0.15, 0.2) is 0 Å². The van der Waals surface area contributed by atoms with Crippen LogP contribution >= 0.6 is 0 Å². The average molecular weight is 350 g/mol. The fourth-order valence-electron chi connectivity index (χ4n) is 1.92. The van der Waals surface area contributed by atoms with Crippen molar-refractivity contribution in [1.29, 1.82) is 0 Å². The highest BCUT2D eigenvalue weighted by Gasteiger charge is 2.34. The van der Waals surface area contributed by atoms with Crippen molar-refractivity contribution in [1.82, 2.24) is 9.84 Å². The normalized spacial score (nSPS) is 19.0. The Balaban J connectivity index is 2.19. The van der Waals surface area contributed by atoms with Gasteiger partial charge in [-0.15, -0.1) is 4.83 Å². The number of carbonyl (C=O) groups excluding carboxylic acids is 1. The first kappa shape index (κ1) is 17.2. The molecule has 1 aromatic carbocycles. The summed E-state index contributed by atoms with van der Waals surface area (Å²) in [5.41, 5.74) is 0. The van der Waals surface area contributed by atoms with Gasteiger partial charge in [-0.25, -0.2) is 17.2 Å². The third-order valence-electron chi connectivity index (χ3n) is 2.95. The number of hydrogen-bond acceptors (Lipinski definition) is 5. The maximum atomic E-state index is 13.6. The summed E-state index contributed by atoms with van der Waals surface area (Å²) in [4.78, 5) is 23.6. The molecule has 1 aromatic rings. The van der Waals surface area contributed by atoms with Gasteiger partial charge in [-0.05, 0) is 12.1 Å². The molecule has 0 spiro atoms. The number of carbonyl (C=O) groups is 2. The van der Waals surface area contributed by atoms with Crippen LogP contribution in [0.1, 0.15) is 6.42 Å². The Hall–Kier alpha value is -2.11. The zero-order chi connectivity index (χ0) is 17.2. The number of sulfonamides is 1. The van der Waals surface area contributed by atoms with Crippen molar-refractivity contribution in [3.05, 3.63) is 29.8 Å². The van der Waals surface area contributed by atoms with Crippen molar-refractivity contribution in [2.24, 2.45) is 0 Å². The molecule has 1 aliphatic rings. The first-order valence-corrected chi connectivity index (χ1v) is 7.81. The molecular formula is C12H12F2N2O6S. The lowest BCUT2D eigenvalue weighted by molar-refractivity contribution is -0.161. The number of benzene rings is 1. The third kappa shape index (κ3) is 4.00. The van der Waals surface area contributed by atoms with Crippen molar-refractivity contribution in [2.45, 2.75) is 17.4 Å². The Labute approximate surface area is 129 Å². The van der Waals surface area contributed by atoms with Gasteiger partial charge in [0.05, 0.1) is 19.6 Å². The van der Waals surface area contributed by atoms with E-state index in [2.05, 4.69) is 0 Å². The smallest absolute Gasteiger partial charge is 0.306 e. The lowest BCUT2D eigenvalue weighted by Crippen LogP contribution is -2.56. The number of morpholine rings is 1. The molecule has 0 radical (unpaired) electrons. The van der Waals surface area contributed by atoms with E-state index in [4.69, 9.17) is 9.84 Å². The second-order valence-electron chi connectivity index (χ2n) is 4.62. The summed E-state index contributed by atoms with van der Waals surface area (Å²) < 4.78 is 55.5. The van der Waals surface area contributed by atoms with E-state index in [1.54, 1.807) is 0 Å². The van der Waals surface area contributed by atoms with Crippen LogP contribution in [0.3, 0.4) is 0 Å². The van der Waals surface area contributed by atoms with Crippen molar-refractivity contribution in [2.75, 3.05) is 13.2 Å². The maximum absolute atomic E-state index is 13.6. The molecule has 1 amide bonds. The molecule has 23 heavy (non-hydrogen) atoms. The molecule has 0 unspecified atom stereocenters. The quantitative estimate of drug-likeness (QED) is 0.764. The van der Waals surface area contributed by atoms with Gasteiger partial charge < -0.3 is 9.84 Å². The Morgan fingerprint density at radius 3 is 2.74 bits per heavy atom. The number of hydrogen-bond donors (Lipinski definition) is 2. The van der Waals surface area contributed by atoms with Gasteiger partial charge in [0.25, 0.3) is 15.9 Å². The van der Waals surface area contributed by atoms with E-state index < -0.39 is 51.0 Å². The predicted molar refractivity (Wildman–Crippen MR) is 70.4 cm³/mol. The van der Waals surface area contributed by atoms with Gasteiger partial charge in [0, 0.05) is 6.07 Å². The number of hydrazine groups is 1. The molecule has 11 heteroatoms. The summed E-state index contributed by atoms with van der Waals surface area (Å²) in [5, 5.41) is 9.30. The lowest BCUT2D eigenvalue weighted by atomic mass is 10.2. The monoisotopic (exact) mass is 350 g/mol. The molecular weight excluding hydrogens is 338 g/mol. The van der Waals surface area contributed by atoms with Gasteiger partial charge in [0.2, 0.25) is 0 Å². The summed E-state index contributed by atoms with van der Waals surface area (Å²) in [7, 11) is -4.48. The molecule has 1 heterocycles. The van der Waals surface area contributed by atoms with Gasteiger partial charge in [0.1, 0.15) is 22.6 Å². The minimum absolute atomic E-state index is 0.0991. The van der Waals surface area contributed by atoms with Crippen molar-refractivity contribution >= 4 is 21.9 Å². The van der Waals surface area contributed by atoms with Crippen LogP contribution in [0.25, 0.3) is 0 Å². The molecule has 0 aromatic heterocycles. The Bertz CT molecular complexity index is 739. The third-order valence-corrected chi connectivity index (χ3v) is 4.32. The molecule has 1 aliphatic heterocycles. The predicted octanol–water partition coefficient (Wildman–Crippen LogP) is -0.140. The summed E-state index contributed by atoms with van der Waals surface area (Å²) in [5.74, 6) is -4.48. The number of amides is 1. The van der Waals surface area contributed by atoms with Crippen molar-refractivity contribution in [3.63, 3.8) is 0 Å². The SMILES string of the molecule is O=C(O)C[C@@H]1OCCN(NS(=O)(=O)c2ccc(F)cc2F)C1=O. The lowest BCUT2D eigenvalue weighted by Gasteiger charge is -2.31. The van der Waals surface area contributed by atoms with E-state index in [-0.39, 0.29) is 13.2 Å². The first-order chi connectivity index (χ1) is 10.7. The Morgan fingerprint density at radius 1 is 1.43 bits per heavy atom. The van der Waals surface area contributed by atoms with Crippen LogP contribution in [0.2, 0.25) is 0 Å². The zero-order valence-corrected chi connectivity index (χ0v) is 12.3. The summed E-state index contributed by atoms with van der Waals surface area (Å²) in [6.07, 6.45) is -1.98. The topological polar surface area (TPSA) is 113 Å². The summed E-state index contributed by atoms with van der Waals surface area (Å²) >= 11 is 0. The largest absolute Gasteiger partial charge is 0.481 e. The van der Waals surface area contributed by atoms with Crippen molar-refractivity contribution in [3.8, 4) is 0 Å². The van der Waals surface area contributed by atoms with E-state index in [0.717, 1.165) is 6.07 Å². The summed E-state index contributed by atoms with van der Waals surface area (Å²) in [6, 6.07) is 1.86. The standard InChI is InChI=1S/C12H12F2N2O6S/c13-7-1-2-10(8(14)5-7)23(20,21)15-16-3-4-22-9(12(16)19)6-11(17)18/h1-2,5,9,15H,3-4,6H2,(H,17,18)/t9-/m0/s1. The van der Waals surface area contributed by atoms with E-state index in [1.807, 2.05) is 4.83 Å². The number of rotatable bonds is 5. The minimum atomic E-state index is -4.48. The molecule has 1 saturated heterocycles. The molecule has 8 nitrogen and oxygen atoms in total. The molecule has 0 aliphatic carbocycles. The van der Waals surface area contributed by atoms with Crippen molar-refractivity contribution < 1.29 is 36.6 Å². The van der Waals surface area contributed by atoms with Crippen LogP contribution in [0.4, 0.5) is 8.78 Å². The van der Waals surface area contributed by atoms with Crippen LogP contribution in [0, 0.1) is 11.6 Å². The van der Waals surface area contributed by atoms with E-state index in [9.17, 15) is 26.8 Å². The maximum Gasteiger partial charge on any atom is 0.306 e. The Kier molecular flexibility index (Phi) is 4.92. The van der Waals surface area contributed by atoms with Gasteiger partial charge in [-0.3, -0.25) is 14.6 Å². The van der Waals surface area contributed by atoms with Gasteiger partial charge in [-0.2, -0.15) is 0 Å². The van der Waals surface area contributed by atoms with Crippen LogP contribution in [0.5, 0.6) is 0 Å². The molecule has 2 rings (SSSR count). The highest BCUT2D eigenvalue weighted by atomic mass is 32.2. The van der Waals surface area contributed by atoms with Crippen LogP contribution in [0.15, 0.2) is 23.1 Å². The summed E-state index contributed by atoms with van der Waals surface area (Å²) in [6.45, 7) is -0.283. The fourth-order valence-corrected chi connectivity index (χ4v) is 3.06. The number of nitrogens with zero attached hydrogens (tertiary/aromatic N) is 1.